The van der Waals surface area contributed by atoms with Gasteiger partial charge in [-0.1, -0.05) is 25.1 Å². The molecular weight excluding hydrogens is 340 g/mol. The summed E-state index contributed by atoms with van der Waals surface area (Å²) in [4.78, 5) is 12.5. The van der Waals surface area contributed by atoms with Crippen LogP contribution in [0.25, 0.3) is 0 Å². The van der Waals surface area contributed by atoms with Gasteiger partial charge in [-0.15, -0.1) is 0 Å². The van der Waals surface area contributed by atoms with E-state index >= 15 is 0 Å². The van der Waals surface area contributed by atoms with Crippen LogP contribution >= 0.6 is 0 Å². The number of fused-ring (bicyclic) bond motifs is 1. The molecule has 1 unspecified atom stereocenters. The van der Waals surface area contributed by atoms with Gasteiger partial charge in [-0.2, -0.15) is 0 Å². The average molecular weight is 368 g/mol. The van der Waals surface area contributed by atoms with Crippen molar-refractivity contribution in [3.63, 3.8) is 0 Å². The minimum atomic E-state index is -0.230. The lowest BCUT2D eigenvalue weighted by molar-refractivity contribution is 0.248. The van der Waals surface area contributed by atoms with E-state index in [-0.39, 0.29) is 12.1 Å². The summed E-state index contributed by atoms with van der Waals surface area (Å²) >= 11 is 0. The summed E-state index contributed by atoms with van der Waals surface area (Å²) in [5, 5.41) is 5.96. The molecule has 0 saturated carbocycles. The first kappa shape index (κ1) is 19.1. The standard InChI is InChI=1S/C22H28N2O3/c1-4-19(17-10-9-15-7-5-6-8-16(15)13-17)24-22(25)23-18-11-12-20(26-2)21(14-18)27-3/h9-14,19H,4-8H2,1-3H3,(H2,23,24,25). The number of rotatable bonds is 6. The van der Waals surface area contributed by atoms with Crippen LogP contribution in [0.3, 0.4) is 0 Å². The lowest BCUT2D eigenvalue weighted by atomic mass is 9.89. The van der Waals surface area contributed by atoms with Crippen LogP contribution in [-0.2, 0) is 12.8 Å². The summed E-state index contributed by atoms with van der Waals surface area (Å²) in [7, 11) is 3.16. The molecule has 0 heterocycles. The minimum absolute atomic E-state index is 0.0163. The van der Waals surface area contributed by atoms with Gasteiger partial charge in [0.1, 0.15) is 0 Å². The van der Waals surface area contributed by atoms with Crippen LogP contribution in [0.4, 0.5) is 10.5 Å². The van der Waals surface area contributed by atoms with Crippen molar-refractivity contribution >= 4 is 11.7 Å². The Morgan fingerprint density at radius 2 is 1.74 bits per heavy atom. The Labute approximate surface area is 161 Å². The topological polar surface area (TPSA) is 59.6 Å². The first-order valence-corrected chi connectivity index (χ1v) is 9.55. The van der Waals surface area contributed by atoms with Crippen molar-refractivity contribution in [1.82, 2.24) is 5.32 Å². The third-order valence-electron chi connectivity index (χ3n) is 5.13. The number of aryl methyl sites for hydroxylation is 2. The fourth-order valence-corrected chi connectivity index (χ4v) is 3.63. The molecule has 0 aromatic heterocycles. The normalized spacial score (nSPS) is 14.0. The van der Waals surface area contributed by atoms with Crippen LogP contribution in [0.15, 0.2) is 36.4 Å². The van der Waals surface area contributed by atoms with Crippen LogP contribution in [0.1, 0.15) is 48.9 Å². The van der Waals surface area contributed by atoms with Gasteiger partial charge in [0.15, 0.2) is 11.5 Å². The van der Waals surface area contributed by atoms with Crippen LogP contribution in [0.2, 0.25) is 0 Å². The number of ether oxygens (including phenoxy) is 2. The molecule has 5 heteroatoms. The van der Waals surface area contributed by atoms with E-state index in [9.17, 15) is 4.79 Å². The zero-order valence-corrected chi connectivity index (χ0v) is 16.3. The SMILES string of the molecule is CCC(NC(=O)Nc1ccc(OC)c(OC)c1)c1ccc2c(c1)CCCC2. The Kier molecular flexibility index (Phi) is 6.22. The number of hydrogen-bond acceptors (Lipinski definition) is 3. The maximum Gasteiger partial charge on any atom is 0.319 e. The number of carbonyl (C=O) groups is 1. The molecule has 2 amide bonds. The second-order valence-electron chi connectivity index (χ2n) is 6.86. The molecule has 0 saturated heterocycles. The quantitative estimate of drug-likeness (QED) is 0.766. The first-order valence-electron chi connectivity index (χ1n) is 9.55. The lowest BCUT2D eigenvalue weighted by Gasteiger charge is -2.22. The molecule has 27 heavy (non-hydrogen) atoms. The van der Waals surface area contributed by atoms with Gasteiger partial charge in [-0.25, -0.2) is 4.79 Å². The summed E-state index contributed by atoms with van der Waals surface area (Å²) in [6.07, 6.45) is 5.66. The molecule has 0 radical (unpaired) electrons. The van der Waals surface area contributed by atoms with E-state index in [0.717, 1.165) is 12.8 Å². The van der Waals surface area contributed by atoms with Gasteiger partial charge in [0.25, 0.3) is 0 Å². The fourth-order valence-electron chi connectivity index (χ4n) is 3.63. The highest BCUT2D eigenvalue weighted by Crippen LogP contribution is 2.30. The van der Waals surface area contributed by atoms with Crippen LogP contribution in [0, 0.1) is 0 Å². The lowest BCUT2D eigenvalue weighted by Crippen LogP contribution is -2.32. The zero-order valence-electron chi connectivity index (χ0n) is 16.3. The first-order chi connectivity index (χ1) is 13.1. The van der Waals surface area contributed by atoms with Gasteiger partial charge in [-0.05, 0) is 60.9 Å². The second-order valence-corrected chi connectivity index (χ2v) is 6.86. The van der Waals surface area contributed by atoms with Crippen molar-refractivity contribution < 1.29 is 14.3 Å². The Morgan fingerprint density at radius 1 is 1.00 bits per heavy atom. The van der Waals surface area contributed by atoms with E-state index in [1.54, 1.807) is 32.4 Å². The van der Waals surface area contributed by atoms with E-state index in [4.69, 9.17) is 9.47 Å². The van der Waals surface area contributed by atoms with E-state index in [1.165, 1.54) is 36.0 Å². The van der Waals surface area contributed by atoms with Crippen molar-refractivity contribution in [2.45, 2.75) is 45.1 Å². The Balaban J connectivity index is 1.68. The van der Waals surface area contributed by atoms with Crippen molar-refractivity contribution in [3.05, 3.63) is 53.1 Å². The van der Waals surface area contributed by atoms with Gasteiger partial charge in [0.05, 0.1) is 20.3 Å². The van der Waals surface area contributed by atoms with Crippen molar-refractivity contribution in [2.24, 2.45) is 0 Å². The number of nitrogens with one attached hydrogen (secondary N) is 2. The largest absolute Gasteiger partial charge is 0.493 e. The Morgan fingerprint density at radius 3 is 2.44 bits per heavy atom. The van der Waals surface area contributed by atoms with Crippen molar-refractivity contribution in [1.29, 1.82) is 0 Å². The molecule has 0 bridgehead atoms. The summed E-state index contributed by atoms with van der Waals surface area (Å²) < 4.78 is 10.5. The molecule has 2 N–H and O–H groups in total. The van der Waals surface area contributed by atoms with Gasteiger partial charge in [-0.3, -0.25) is 0 Å². The average Bonchev–Trinajstić information content (AvgIpc) is 2.71. The number of hydrogen-bond donors (Lipinski definition) is 2. The molecule has 2 aromatic rings. The van der Waals surface area contributed by atoms with E-state index in [0.29, 0.717) is 17.2 Å². The van der Waals surface area contributed by atoms with Crippen LogP contribution in [-0.4, -0.2) is 20.3 Å². The van der Waals surface area contributed by atoms with Gasteiger partial charge >= 0.3 is 6.03 Å². The van der Waals surface area contributed by atoms with Gasteiger partial charge in [0, 0.05) is 11.8 Å². The summed E-state index contributed by atoms with van der Waals surface area (Å²) in [6, 6.07) is 11.7. The number of urea groups is 1. The molecule has 144 valence electrons. The van der Waals surface area contributed by atoms with Crippen LogP contribution < -0.4 is 20.1 Å². The highest BCUT2D eigenvalue weighted by atomic mass is 16.5. The van der Waals surface area contributed by atoms with Gasteiger partial charge in [0.2, 0.25) is 0 Å². The molecule has 3 rings (SSSR count). The molecule has 1 aliphatic carbocycles. The second kappa shape index (κ2) is 8.80. The third-order valence-corrected chi connectivity index (χ3v) is 5.13. The molecule has 1 aliphatic rings. The molecule has 0 spiro atoms. The Hall–Kier alpha value is -2.69. The smallest absolute Gasteiger partial charge is 0.319 e. The summed E-state index contributed by atoms with van der Waals surface area (Å²) in [5.41, 5.74) is 4.71. The number of methoxy groups -OCH3 is 2. The van der Waals surface area contributed by atoms with Crippen molar-refractivity contribution in [3.8, 4) is 11.5 Å². The predicted molar refractivity (Wildman–Crippen MR) is 108 cm³/mol. The zero-order chi connectivity index (χ0) is 19.2. The van der Waals surface area contributed by atoms with Crippen LogP contribution in [0.5, 0.6) is 11.5 Å². The highest BCUT2D eigenvalue weighted by Gasteiger charge is 2.16. The number of amides is 2. The van der Waals surface area contributed by atoms with E-state index in [1.807, 2.05) is 0 Å². The molecule has 5 nitrogen and oxygen atoms in total. The molecule has 0 fully saturated rings. The number of benzene rings is 2. The molecule has 1 atom stereocenters. The van der Waals surface area contributed by atoms with Gasteiger partial charge < -0.3 is 20.1 Å². The Bertz CT molecular complexity index is 804. The maximum absolute atomic E-state index is 12.5. The third kappa shape index (κ3) is 4.54. The summed E-state index contributed by atoms with van der Waals surface area (Å²) in [5.74, 6) is 1.21. The number of anilines is 1. The van der Waals surface area contributed by atoms with E-state index < -0.39 is 0 Å². The molecular formula is C22H28N2O3. The molecule has 0 aliphatic heterocycles. The monoisotopic (exact) mass is 368 g/mol. The number of carbonyl (C=O) groups excluding carboxylic acids is 1. The maximum atomic E-state index is 12.5. The predicted octanol–water partition coefficient (Wildman–Crippen LogP) is 4.86. The minimum Gasteiger partial charge on any atom is -0.493 e. The fraction of sp³-hybridized carbons (Fsp3) is 0.409. The summed E-state index contributed by atoms with van der Waals surface area (Å²) in [6.45, 7) is 2.08. The highest BCUT2D eigenvalue weighted by molar-refractivity contribution is 5.90. The molecule has 2 aromatic carbocycles. The van der Waals surface area contributed by atoms with Crippen molar-refractivity contribution in [2.75, 3.05) is 19.5 Å². The van der Waals surface area contributed by atoms with E-state index in [2.05, 4.69) is 35.8 Å².